The average molecular weight is 290 g/mol. The predicted molar refractivity (Wildman–Crippen MR) is 97.7 cm³/mol. The first-order valence-corrected chi connectivity index (χ1v) is 8.61. The molecule has 0 aliphatic carbocycles. The average Bonchev–Trinajstić information content (AvgIpc) is 2.51. The molecule has 120 valence electrons. The molecule has 0 spiro atoms. The Morgan fingerprint density at radius 3 is 2.43 bits per heavy atom. The molecule has 1 heteroatoms. The Bertz CT molecular complexity index is 334. The van der Waals surface area contributed by atoms with Crippen LogP contribution < -0.4 is 5.32 Å². The van der Waals surface area contributed by atoms with Gasteiger partial charge in [-0.1, -0.05) is 69.2 Å². The maximum Gasteiger partial charge on any atom is 0.0202 e. The smallest absolute Gasteiger partial charge is 0.0202 e. The van der Waals surface area contributed by atoms with Crippen LogP contribution in [0.15, 0.2) is 48.1 Å². The molecular formula is C20H35N. The van der Waals surface area contributed by atoms with E-state index in [2.05, 4.69) is 63.0 Å². The van der Waals surface area contributed by atoms with Crippen molar-refractivity contribution in [3.8, 4) is 0 Å². The molecule has 21 heavy (non-hydrogen) atoms. The van der Waals surface area contributed by atoms with Crippen LogP contribution in [0.3, 0.4) is 0 Å². The molecule has 0 bridgehead atoms. The van der Waals surface area contributed by atoms with Crippen molar-refractivity contribution >= 4 is 0 Å². The van der Waals surface area contributed by atoms with E-state index in [9.17, 15) is 0 Å². The SMILES string of the molecule is C=C(/C=C\C(=C/C)CNCCCCCC/C=C\CC)CC. The molecule has 0 rings (SSSR count). The van der Waals surface area contributed by atoms with Crippen molar-refractivity contribution in [2.24, 2.45) is 0 Å². The Morgan fingerprint density at radius 2 is 1.76 bits per heavy atom. The highest BCUT2D eigenvalue weighted by Crippen LogP contribution is 2.05. The van der Waals surface area contributed by atoms with Crippen molar-refractivity contribution < 1.29 is 0 Å². The zero-order valence-electron chi connectivity index (χ0n) is 14.5. The number of rotatable bonds is 13. The van der Waals surface area contributed by atoms with Crippen LogP contribution in [0.1, 0.15) is 65.7 Å². The molecule has 0 atom stereocenters. The first-order chi connectivity index (χ1) is 10.2. The molecule has 0 saturated heterocycles. The topological polar surface area (TPSA) is 12.0 Å². The lowest BCUT2D eigenvalue weighted by Crippen LogP contribution is -2.17. The van der Waals surface area contributed by atoms with Crippen LogP contribution in [-0.4, -0.2) is 13.1 Å². The summed E-state index contributed by atoms with van der Waals surface area (Å²) in [5.41, 5.74) is 2.53. The summed E-state index contributed by atoms with van der Waals surface area (Å²) in [5, 5.41) is 3.53. The molecule has 0 aromatic rings. The highest BCUT2D eigenvalue weighted by atomic mass is 14.8. The molecule has 1 nitrogen and oxygen atoms in total. The van der Waals surface area contributed by atoms with E-state index in [4.69, 9.17) is 0 Å². The molecule has 1 N–H and O–H groups in total. The monoisotopic (exact) mass is 289 g/mol. The van der Waals surface area contributed by atoms with Crippen molar-refractivity contribution in [3.63, 3.8) is 0 Å². The standard InChI is InChI=1S/C20H35N/c1-5-8-9-10-11-12-13-14-17-21-18-20(7-3)16-15-19(4)6-2/h7-9,15-16,21H,4-6,10-14,17-18H2,1-3H3/b9-8-,16-15-,20-7+. The van der Waals surface area contributed by atoms with E-state index in [1.807, 2.05) is 0 Å². The lowest BCUT2D eigenvalue weighted by atomic mass is 10.1. The number of nitrogens with one attached hydrogen (secondary N) is 1. The van der Waals surface area contributed by atoms with Gasteiger partial charge in [0.1, 0.15) is 0 Å². The van der Waals surface area contributed by atoms with Crippen LogP contribution in [0, 0.1) is 0 Å². The Labute approximate surface area is 132 Å². The van der Waals surface area contributed by atoms with Crippen molar-refractivity contribution in [2.45, 2.75) is 65.7 Å². The fraction of sp³-hybridized carbons (Fsp3) is 0.600. The first kappa shape index (κ1) is 19.9. The third-order valence-corrected chi connectivity index (χ3v) is 3.56. The third-order valence-electron chi connectivity index (χ3n) is 3.56. The fourth-order valence-corrected chi connectivity index (χ4v) is 1.98. The zero-order chi connectivity index (χ0) is 15.8. The minimum absolute atomic E-state index is 0.962. The van der Waals surface area contributed by atoms with E-state index in [0.717, 1.165) is 25.9 Å². The van der Waals surface area contributed by atoms with Crippen molar-refractivity contribution in [1.82, 2.24) is 5.32 Å². The van der Waals surface area contributed by atoms with Crippen LogP contribution in [-0.2, 0) is 0 Å². The fourth-order valence-electron chi connectivity index (χ4n) is 1.98. The summed E-state index contributed by atoms with van der Waals surface area (Å²) in [6.07, 6.45) is 19.8. The molecule has 0 heterocycles. The highest BCUT2D eigenvalue weighted by Gasteiger charge is 1.93. The molecule has 0 unspecified atom stereocenters. The van der Waals surface area contributed by atoms with E-state index in [0.29, 0.717) is 0 Å². The van der Waals surface area contributed by atoms with E-state index in [1.165, 1.54) is 43.3 Å². The van der Waals surface area contributed by atoms with Gasteiger partial charge in [0.05, 0.1) is 0 Å². The molecule has 0 radical (unpaired) electrons. The van der Waals surface area contributed by atoms with Gasteiger partial charge >= 0.3 is 0 Å². The van der Waals surface area contributed by atoms with Gasteiger partial charge in [0.25, 0.3) is 0 Å². The second-order valence-corrected chi connectivity index (χ2v) is 5.47. The molecular weight excluding hydrogens is 254 g/mol. The molecule has 0 saturated carbocycles. The lowest BCUT2D eigenvalue weighted by molar-refractivity contribution is 0.606. The quantitative estimate of drug-likeness (QED) is 0.250. The van der Waals surface area contributed by atoms with Crippen molar-refractivity contribution in [3.05, 3.63) is 48.1 Å². The van der Waals surface area contributed by atoms with Gasteiger partial charge in [-0.3, -0.25) is 0 Å². The van der Waals surface area contributed by atoms with Crippen LogP contribution in [0.2, 0.25) is 0 Å². The number of allylic oxidation sites excluding steroid dienone is 5. The van der Waals surface area contributed by atoms with Gasteiger partial charge in [0.15, 0.2) is 0 Å². The van der Waals surface area contributed by atoms with E-state index in [-0.39, 0.29) is 0 Å². The van der Waals surface area contributed by atoms with Crippen molar-refractivity contribution in [2.75, 3.05) is 13.1 Å². The predicted octanol–water partition coefficient (Wildman–Crippen LogP) is 5.96. The van der Waals surface area contributed by atoms with Gasteiger partial charge < -0.3 is 5.32 Å². The van der Waals surface area contributed by atoms with Gasteiger partial charge in [-0.25, -0.2) is 0 Å². The number of hydrogen-bond acceptors (Lipinski definition) is 1. The van der Waals surface area contributed by atoms with Gasteiger partial charge in [0.2, 0.25) is 0 Å². The Hall–Kier alpha value is -1.08. The molecule has 0 aliphatic rings. The van der Waals surface area contributed by atoms with Gasteiger partial charge in [-0.05, 0) is 51.1 Å². The summed E-state index contributed by atoms with van der Waals surface area (Å²) in [5.74, 6) is 0. The largest absolute Gasteiger partial charge is 0.313 e. The summed E-state index contributed by atoms with van der Waals surface area (Å²) in [4.78, 5) is 0. The van der Waals surface area contributed by atoms with Crippen LogP contribution in [0.4, 0.5) is 0 Å². The molecule has 0 aromatic heterocycles. The van der Waals surface area contributed by atoms with Gasteiger partial charge in [-0.15, -0.1) is 0 Å². The Kier molecular flexibility index (Phi) is 14.5. The minimum Gasteiger partial charge on any atom is -0.313 e. The van der Waals surface area contributed by atoms with E-state index >= 15 is 0 Å². The summed E-state index contributed by atoms with van der Waals surface area (Å²) in [6, 6.07) is 0. The van der Waals surface area contributed by atoms with Crippen LogP contribution in [0.25, 0.3) is 0 Å². The summed E-state index contributed by atoms with van der Waals surface area (Å²) >= 11 is 0. The summed E-state index contributed by atoms with van der Waals surface area (Å²) in [7, 11) is 0. The Balaban J connectivity index is 3.54. The number of hydrogen-bond donors (Lipinski definition) is 1. The minimum atomic E-state index is 0.962. The highest BCUT2D eigenvalue weighted by molar-refractivity contribution is 5.26. The molecule has 0 aromatic carbocycles. The third kappa shape index (κ3) is 13.7. The van der Waals surface area contributed by atoms with Gasteiger partial charge in [0, 0.05) is 6.54 Å². The van der Waals surface area contributed by atoms with E-state index < -0.39 is 0 Å². The van der Waals surface area contributed by atoms with Crippen molar-refractivity contribution in [1.29, 1.82) is 0 Å². The van der Waals surface area contributed by atoms with E-state index in [1.54, 1.807) is 0 Å². The maximum absolute atomic E-state index is 4.00. The zero-order valence-corrected chi connectivity index (χ0v) is 14.5. The summed E-state index contributed by atoms with van der Waals surface area (Å²) in [6.45, 7) is 12.5. The lowest BCUT2D eigenvalue weighted by Gasteiger charge is -2.05. The molecule has 0 fully saturated rings. The second-order valence-electron chi connectivity index (χ2n) is 5.47. The van der Waals surface area contributed by atoms with Crippen LogP contribution >= 0.6 is 0 Å². The Morgan fingerprint density at radius 1 is 1.00 bits per heavy atom. The normalized spacial score (nSPS) is 12.6. The molecule has 0 aliphatic heterocycles. The second kappa shape index (κ2) is 15.3. The number of unbranched alkanes of at least 4 members (excludes halogenated alkanes) is 4. The van der Waals surface area contributed by atoms with Gasteiger partial charge in [-0.2, -0.15) is 0 Å². The van der Waals surface area contributed by atoms with Crippen LogP contribution in [0.5, 0.6) is 0 Å². The maximum atomic E-state index is 4.00. The molecule has 0 amide bonds. The first-order valence-electron chi connectivity index (χ1n) is 8.61. The summed E-state index contributed by atoms with van der Waals surface area (Å²) < 4.78 is 0.